The predicted octanol–water partition coefficient (Wildman–Crippen LogP) is 2.13. The molecule has 0 fully saturated rings. The minimum absolute atomic E-state index is 0.130. The molecular weight excluding hydrogens is 258 g/mol. The molecule has 0 heterocycles. The normalized spacial score (nSPS) is 11.7. The second-order valence-electron chi connectivity index (χ2n) is 4.72. The number of nitrogens with one attached hydrogen (secondary N) is 1. The molecule has 0 aliphatic rings. The quantitative estimate of drug-likeness (QED) is 0.715. The van der Waals surface area contributed by atoms with E-state index in [0.717, 1.165) is 5.56 Å². The number of hydrogen-bond acceptors (Lipinski definition) is 3. The van der Waals surface area contributed by atoms with Gasteiger partial charge in [0.15, 0.2) is 6.10 Å². The van der Waals surface area contributed by atoms with Crippen LogP contribution in [0.15, 0.2) is 24.3 Å². The molecule has 0 aromatic heterocycles. The summed E-state index contributed by atoms with van der Waals surface area (Å²) in [5, 5.41) is 11.2. The Hall–Kier alpha value is -2.04. The molecule has 0 saturated heterocycles. The minimum atomic E-state index is -0.813. The molecule has 0 radical (unpaired) electrons. The van der Waals surface area contributed by atoms with Crippen molar-refractivity contribution in [1.29, 1.82) is 0 Å². The van der Waals surface area contributed by atoms with Crippen LogP contribution in [0.25, 0.3) is 0 Å². The van der Waals surface area contributed by atoms with E-state index in [9.17, 15) is 9.59 Å². The fraction of sp³-hybridized carbons (Fsp3) is 0.467. The van der Waals surface area contributed by atoms with Gasteiger partial charge in [-0.05, 0) is 38.8 Å². The van der Waals surface area contributed by atoms with Crippen molar-refractivity contribution in [2.75, 3.05) is 6.54 Å². The van der Waals surface area contributed by atoms with Crippen LogP contribution in [-0.4, -0.2) is 29.6 Å². The summed E-state index contributed by atoms with van der Waals surface area (Å²) in [5.74, 6) is -0.350. The van der Waals surface area contributed by atoms with Gasteiger partial charge in [0.1, 0.15) is 5.75 Å². The van der Waals surface area contributed by atoms with Crippen molar-refractivity contribution in [3.05, 3.63) is 29.8 Å². The monoisotopic (exact) mass is 279 g/mol. The highest BCUT2D eigenvalue weighted by Gasteiger charge is 2.13. The van der Waals surface area contributed by atoms with Crippen LogP contribution in [0.4, 0.5) is 0 Å². The number of ether oxygens (including phenoxy) is 1. The average Bonchev–Trinajstić information content (AvgIpc) is 2.40. The molecule has 1 aromatic carbocycles. The Kier molecular flexibility index (Phi) is 6.56. The van der Waals surface area contributed by atoms with Gasteiger partial charge in [-0.3, -0.25) is 9.59 Å². The number of rotatable bonds is 8. The van der Waals surface area contributed by atoms with Crippen LogP contribution in [0, 0.1) is 6.92 Å². The molecule has 2 N–H and O–H groups in total. The fourth-order valence-corrected chi connectivity index (χ4v) is 1.63. The van der Waals surface area contributed by atoms with E-state index in [1.807, 2.05) is 31.2 Å². The molecule has 0 saturated carbocycles. The van der Waals surface area contributed by atoms with Gasteiger partial charge in [-0.1, -0.05) is 17.7 Å². The first-order valence-electron chi connectivity index (χ1n) is 6.72. The molecule has 5 nitrogen and oxygen atoms in total. The van der Waals surface area contributed by atoms with Crippen LogP contribution in [0.1, 0.15) is 31.7 Å². The van der Waals surface area contributed by atoms with Crippen LogP contribution in [0.2, 0.25) is 0 Å². The highest BCUT2D eigenvalue weighted by Crippen LogP contribution is 2.13. The molecule has 20 heavy (non-hydrogen) atoms. The van der Waals surface area contributed by atoms with Crippen LogP contribution < -0.4 is 10.1 Å². The maximum atomic E-state index is 11.8. The lowest BCUT2D eigenvalue weighted by Gasteiger charge is -2.14. The van der Waals surface area contributed by atoms with E-state index in [1.54, 1.807) is 6.92 Å². The van der Waals surface area contributed by atoms with Gasteiger partial charge < -0.3 is 15.2 Å². The fourth-order valence-electron chi connectivity index (χ4n) is 1.63. The third-order valence-corrected chi connectivity index (χ3v) is 2.82. The SMILES string of the molecule is Cc1ccc(OC(C)C(=O)NCCCCC(=O)O)cc1. The number of carboxylic acids is 1. The van der Waals surface area contributed by atoms with Crippen molar-refractivity contribution >= 4 is 11.9 Å². The van der Waals surface area contributed by atoms with Crippen LogP contribution >= 0.6 is 0 Å². The Morgan fingerprint density at radius 2 is 1.90 bits per heavy atom. The molecule has 1 atom stereocenters. The summed E-state index contributed by atoms with van der Waals surface area (Å²) in [6, 6.07) is 7.50. The van der Waals surface area contributed by atoms with Gasteiger partial charge in [0, 0.05) is 13.0 Å². The van der Waals surface area contributed by atoms with E-state index < -0.39 is 12.1 Å². The topological polar surface area (TPSA) is 75.6 Å². The number of hydrogen-bond donors (Lipinski definition) is 2. The molecule has 0 bridgehead atoms. The maximum Gasteiger partial charge on any atom is 0.303 e. The van der Waals surface area contributed by atoms with E-state index in [1.165, 1.54) is 0 Å². The number of amides is 1. The number of carboxylic acid groups (broad SMARTS) is 1. The van der Waals surface area contributed by atoms with Crippen LogP contribution in [0.5, 0.6) is 5.75 Å². The Labute approximate surface area is 118 Å². The first-order chi connectivity index (χ1) is 9.49. The molecular formula is C15H21NO4. The number of unbranched alkanes of at least 4 members (excludes halogenated alkanes) is 1. The zero-order valence-corrected chi connectivity index (χ0v) is 11.9. The smallest absolute Gasteiger partial charge is 0.303 e. The molecule has 1 unspecified atom stereocenters. The van der Waals surface area contributed by atoms with Gasteiger partial charge in [0.2, 0.25) is 0 Å². The van der Waals surface area contributed by atoms with Gasteiger partial charge >= 0.3 is 5.97 Å². The van der Waals surface area contributed by atoms with Crippen molar-refractivity contribution < 1.29 is 19.4 Å². The van der Waals surface area contributed by atoms with Crippen LogP contribution in [0.3, 0.4) is 0 Å². The Bertz CT molecular complexity index is 442. The van der Waals surface area contributed by atoms with Gasteiger partial charge in [0.25, 0.3) is 5.91 Å². The Morgan fingerprint density at radius 1 is 1.25 bits per heavy atom. The Morgan fingerprint density at radius 3 is 2.50 bits per heavy atom. The lowest BCUT2D eigenvalue weighted by molar-refractivity contribution is -0.137. The van der Waals surface area contributed by atoms with Gasteiger partial charge in [-0.15, -0.1) is 0 Å². The average molecular weight is 279 g/mol. The summed E-state index contributed by atoms with van der Waals surface area (Å²) in [6.07, 6.45) is 0.765. The molecule has 1 aromatic rings. The summed E-state index contributed by atoms with van der Waals surface area (Å²) in [4.78, 5) is 22.1. The Balaban J connectivity index is 2.25. The van der Waals surface area contributed by atoms with Crippen molar-refractivity contribution in [1.82, 2.24) is 5.32 Å². The summed E-state index contributed by atoms with van der Waals surface area (Å²) in [6.45, 7) is 4.14. The summed E-state index contributed by atoms with van der Waals surface area (Å²) < 4.78 is 5.52. The number of carbonyl (C=O) groups is 2. The van der Waals surface area contributed by atoms with E-state index >= 15 is 0 Å². The zero-order valence-electron chi connectivity index (χ0n) is 11.9. The number of carbonyl (C=O) groups excluding carboxylic acids is 1. The third kappa shape index (κ3) is 6.22. The van der Waals surface area contributed by atoms with Crippen molar-refractivity contribution in [2.24, 2.45) is 0 Å². The van der Waals surface area contributed by atoms with Gasteiger partial charge in [0.05, 0.1) is 0 Å². The molecule has 5 heteroatoms. The molecule has 0 aliphatic carbocycles. The highest BCUT2D eigenvalue weighted by molar-refractivity contribution is 5.80. The predicted molar refractivity (Wildman–Crippen MR) is 75.8 cm³/mol. The minimum Gasteiger partial charge on any atom is -0.481 e. The standard InChI is InChI=1S/C15H21NO4/c1-11-6-8-13(9-7-11)20-12(2)15(19)16-10-4-3-5-14(17)18/h6-9,12H,3-5,10H2,1-2H3,(H,16,19)(H,17,18). The first-order valence-corrected chi connectivity index (χ1v) is 6.72. The van der Waals surface area contributed by atoms with Gasteiger partial charge in [-0.25, -0.2) is 0 Å². The van der Waals surface area contributed by atoms with E-state index in [0.29, 0.717) is 25.1 Å². The molecule has 0 spiro atoms. The molecule has 110 valence electrons. The first kappa shape index (κ1) is 16.0. The number of benzene rings is 1. The van der Waals surface area contributed by atoms with E-state index in [-0.39, 0.29) is 12.3 Å². The lowest BCUT2D eigenvalue weighted by atomic mass is 10.2. The zero-order chi connectivity index (χ0) is 15.0. The van der Waals surface area contributed by atoms with E-state index in [2.05, 4.69) is 5.32 Å². The maximum absolute atomic E-state index is 11.8. The number of aliphatic carboxylic acids is 1. The number of aryl methyl sites for hydroxylation is 1. The second-order valence-corrected chi connectivity index (χ2v) is 4.72. The van der Waals surface area contributed by atoms with Crippen molar-refractivity contribution in [3.63, 3.8) is 0 Å². The molecule has 1 amide bonds. The second kappa shape index (κ2) is 8.19. The van der Waals surface area contributed by atoms with Gasteiger partial charge in [-0.2, -0.15) is 0 Å². The third-order valence-electron chi connectivity index (χ3n) is 2.82. The summed E-state index contributed by atoms with van der Waals surface area (Å²) in [7, 11) is 0. The van der Waals surface area contributed by atoms with Crippen molar-refractivity contribution in [3.8, 4) is 5.75 Å². The molecule has 1 rings (SSSR count). The summed E-state index contributed by atoms with van der Waals surface area (Å²) in [5.41, 5.74) is 1.13. The lowest BCUT2D eigenvalue weighted by Crippen LogP contribution is -2.36. The largest absolute Gasteiger partial charge is 0.481 e. The highest BCUT2D eigenvalue weighted by atomic mass is 16.5. The van der Waals surface area contributed by atoms with Crippen molar-refractivity contribution in [2.45, 2.75) is 39.2 Å². The van der Waals surface area contributed by atoms with E-state index in [4.69, 9.17) is 9.84 Å². The van der Waals surface area contributed by atoms with Crippen LogP contribution in [-0.2, 0) is 9.59 Å². The summed E-state index contributed by atoms with van der Waals surface area (Å²) >= 11 is 0. The molecule has 0 aliphatic heterocycles.